The molecule has 0 aromatic heterocycles. The van der Waals surface area contributed by atoms with Crippen LogP contribution in [0.5, 0.6) is 0 Å². The van der Waals surface area contributed by atoms with Gasteiger partial charge in [-0.3, -0.25) is 4.99 Å². The van der Waals surface area contributed by atoms with Crippen molar-refractivity contribution in [1.29, 1.82) is 0 Å². The Bertz CT molecular complexity index is 533. The average Bonchev–Trinajstić information content (AvgIpc) is 2.64. The van der Waals surface area contributed by atoms with Gasteiger partial charge in [0, 0.05) is 50.3 Å². The molecule has 2 N–H and O–H groups in total. The van der Waals surface area contributed by atoms with Crippen LogP contribution in [0.15, 0.2) is 4.99 Å². The molecule has 2 fully saturated rings. The second-order valence-corrected chi connectivity index (χ2v) is 10.2. The number of aliphatic imine (C=N–C) groups is 1. The average molecular weight is 534 g/mol. The summed E-state index contributed by atoms with van der Waals surface area (Å²) in [6.07, 6.45) is 3.41. The number of hydrogen-bond donors (Lipinski definition) is 2. The van der Waals surface area contributed by atoms with Gasteiger partial charge in [0.25, 0.3) is 0 Å². The van der Waals surface area contributed by atoms with E-state index in [-0.39, 0.29) is 29.7 Å². The van der Waals surface area contributed by atoms with Crippen molar-refractivity contribution in [3.8, 4) is 0 Å². The van der Waals surface area contributed by atoms with Crippen molar-refractivity contribution in [3.05, 3.63) is 0 Å². The molecule has 0 aliphatic carbocycles. The number of thioether (sulfide) groups is 1. The number of nitrogens with zero attached hydrogens (tertiary/aromatic N) is 3. The van der Waals surface area contributed by atoms with Crippen molar-refractivity contribution in [1.82, 2.24) is 19.8 Å². The molecule has 2 aliphatic heterocycles. The summed E-state index contributed by atoms with van der Waals surface area (Å²) in [6, 6.07) is 0.414. The summed E-state index contributed by atoms with van der Waals surface area (Å²) in [7, 11) is -3.19. The van der Waals surface area contributed by atoms with Gasteiger partial charge in [-0.25, -0.2) is 12.7 Å². The fourth-order valence-electron chi connectivity index (χ4n) is 3.36. The van der Waals surface area contributed by atoms with E-state index in [9.17, 15) is 8.42 Å². The molecule has 2 heterocycles. The Kier molecular flexibility index (Phi) is 12.6. The van der Waals surface area contributed by atoms with Crippen molar-refractivity contribution in [2.24, 2.45) is 4.99 Å². The molecule has 27 heavy (non-hydrogen) atoms. The standard InChI is InChI=1S/C17H35N5O2S2.HI/c1-3-8-21-9-5-16(6-10-21)20-17(18-4-2)19-7-15-26(23,24)22-11-13-25-14-12-22;/h16H,3-15H2,1-2H3,(H2,18,19,20);1H. The van der Waals surface area contributed by atoms with Crippen LogP contribution in [0.1, 0.15) is 33.1 Å². The molecular formula is C17H36IN5O2S2. The minimum absolute atomic E-state index is 0. The van der Waals surface area contributed by atoms with Crippen molar-refractivity contribution in [3.63, 3.8) is 0 Å². The molecule has 0 bridgehead atoms. The summed E-state index contributed by atoms with van der Waals surface area (Å²) < 4.78 is 26.4. The maximum Gasteiger partial charge on any atom is 0.215 e. The number of halogens is 1. The van der Waals surface area contributed by atoms with Gasteiger partial charge in [0.05, 0.1) is 12.3 Å². The molecule has 2 rings (SSSR count). The lowest BCUT2D eigenvalue weighted by Gasteiger charge is -2.32. The third kappa shape index (κ3) is 9.05. The summed E-state index contributed by atoms with van der Waals surface area (Å²) in [5.74, 6) is 2.61. The highest BCUT2D eigenvalue weighted by atomic mass is 127. The zero-order valence-corrected chi connectivity index (χ0v) is 20.6. The Labute approximate surface area is 186 Å². The number of hydrogen-bond acceptors (Lipinski definition) is 5. The zero-order chi connectivity index (χ0) is 18.8. The van der Waals surface area contributed by atoms with Crippen LogP contribution in [0.4, 0.5) is 0 Å². The second kappa shape index (κ2) is 13.4. The summed E-state index contributed by atoms with van der Waals surface area (Å²) in [5.41, 5.74) is 0. The van der Waals surface area contributed by atoms with Crippen molar-refractivity contribution in [2.75, 3.05) is 63.1 Å². The number of sulfonamides is 1. The van der Waals surface area contributed by atoms with E-state index >= 15 is 0 Å². The molecule has 0 amide bonds. The van der Waals surface area contributed by atoms with Gasteiger partial charge in [-0.05, 0) is 32.7 Å². The predicted molar refractivity (Wildman–Crippen MR) is 127 cm³/mol. The van der Waals surface area contributed by atoms with Gasteiger partial charge in [0.15, 0.2) is 5.96 Å². The van der Waals surface area contributed by atoms with Gasteiger partial charge in [0.2, 0.25) is 10.0 Å². The van der Waals surface area contributed by atoms with Gasteiger partial charge < -0.3 is 15.5 Å². The lowest BCUT2D eigenvalue weighted by Crippen LogP contribution is -2.49. The molecule has 0 radical (unpaired) electrons. The number of piperidine rings is 1. The maximum atomic E-state index is 12.4. The van der Waals surface area contributed by atoms with Gasteiger partial charge in [-0.2, -0.15) is 11.8 Å². The Morgan fingerprint density at radius 1 is 1.15 bits per heavy atom. The monoisotopic (exact) mass is 533 g/mol. The van der Waals surface area contributed by atoms with Crippen LogP contribution in [0.2, 0.25) is 0 Å². The van der Waals surface area contributed by atoms with E-state index in [1.807, 2.05) is 18.7 Å². The molecule has 2 aliphatic rings. The SMILES string of the molecule is CCCN1CCC(NC(=NCCS(=O)(=O)N2CCSCC2)NCC)CC1.I. The first kappa shape index (κ1) is 25.3. The zero-order valence-electron chi connectivity index (χ0n) is 16.7. The van der Waals surface area contributed by atoms with E-state index in [2.05, 4.69) is 27.4 Å². The van der Waals surface area contributed by atoms with Crippen LogP contribution in [-0.2, 0) is 10.0 Å². The first-order valence-electron chi connectivity index (χ1n) is 9.88. The van der Waals surface area contributed by atoms with Gasteiger partial charge in [0.1, 0.15) is 0 Å². The van der Waals surface area contributed by atoms with E-state index in [0.29, 0.717) is 25.7 Å². The Hall–Kier alpha value is 0.220. The smallest absolute Gasteiger partial charge is 0.215 e. The Morgan fingerprint density at radius 2 is 1.81 bits per heavy atom. The summed E-state index contributed by atoms with van der Waals surface area (Å²) >= 11 is 1.82. The van der Waals surface area contributed by atoms with Gasteiger partial charge in [-0.15, -0.1) is 24.0 Å². The highest BCUT2D eigenvalue weighted by Crippen LogP contribution is 2.13. The maximum absolute atomic E-state index is 12.4. The molecule has 0 atom stereocenters. The molecule has 0 aromatic carbocycles. The van der Waals surface area contributed by atoms with Crippen LogP contribution >= 0.6 is 35.7 Å². The minimum atomic E-state index is -3.19. The molecule has 2 saturated heterocycles. The molecule has 0 unspecified atom stereocenters. The van der Waals surface area contributed by atoms with Gasteiger partial charge in [-0.1, -0.05) is 6.92 Å². The van der Waals surface area contributed by atoms with E-state index in [0.717, 1.165) is 49.9 Å². The molecule has 160 valence electrons. The normalized spacial score (nSPS) is 20.9. The highest BCUT2D eigenvalue weighted by Gasteiger charge is 2.24. The third-order valence-corrected chi connectivity index (χ3v) is 7.59. The van der Waals surface area contributed by atoms with E-state index in [1.165, 1.54) is 13.0 Å². The van der Waals surface area contributed by atoms with Crippen molar-refractivity contribution in [2.45, 2.75) is 39.2 Å². The van der Waals surface area contributed by atoms with Crippen molar-refractivity contribution >= 4 is 51.7 Å². The highest BCUT2D eigenvalue weighted by molar-refractivity contribution is 14.0. The third-order valence-electron chi connectivity index (χ3n) is 4.80. The minimum Gasteiger partial charge on any atom is -0.357 e. The fraction of sp³-hybridized carbons (Fsp3) is 0.941. The summed E-state index contributed by atoms with van der Waals surface area (Å²) in [5, 5.41) is 6.73. The first-order valence-corrected chi connectivity index (χ1v) is 12.6. The van der Waals surface area contributed by atoms with Crippen LogP contribution in [-0.4, -0.2) is 92.7 Å². The molecule has 0 aromatic rings. The predicted octanol–water partition coefficient (Wildman–Crippen LogP) is 1.41. The molecule has 10 heteroatoms. The first-order chi connectivity index (χ1) is 12.5. The van der Waals surface area contributed by atoms with Crippen molar-refractivity contribution < 1.29 is 8.42 Å². The number of nitrogens with one attached hydrogen (secondary N) is 2. The largest absolute Gasteiger partial charge is 0.357 e. The summed E-state index contributed by atoms with van der Waals surface area (Å²) in [6.45, 7) is 10.00. The van der Waals surface area contributed by atoms with Crippen LogP contribution in [0, 0.1) is 0 Å². The lowest BCUT2D eigenvalue weighted by atomic mass is 10.1. The lowest BCUT2D eigenvalue weighted by molar-refractivity contribution is 0.206. The van der Waals surface area contributed by atoms with Gasteiger partial charge >= 0.3 is 0 Å². The molecule has 0 spiro atoms. The van der Waals surface area contributed by atoms with Crippen LogP contribution in [0.3, 0.4) is 0 Å². The Morgan fingerprint density at radius 3 is 2.41 bits per heavy atom. The fourth-order valence-corrected chi connectivity index (χ4v) is 5.81. The quantitative estimate of drug-likeness (QED) is 0.279. The Balaban J connectivity index is 0.00000364. The van der Waals surface area contributed by atoms with Crippen LogP contribution in [0.25, 0.3) is 0 Å². The number of likely N-dealkylation sites (tertiary alicyclic amines) is 1. The van der Waals surface area contributed by atoms with E-state index in [1.54, 1.807) is 4.31 Å². The van der Waals surface area contributed by atoms with Crippen LogP contribution < -0.4 is 10.6 Å². The van der Waals surface area contributed by atoms with E-state index < -0.39 is 10.0 Å². The number of guanidine groups is 1. The number of rotatable bonds is 8. The molecular weight excluding hydrogens is 497 g/mol. The summed E-state index contributed by atoms with van der Waals surface area (Å²) in [4.78, 5) is 7.02. The topological polar surface area (TPSA) is 77.0 Å². The molecule has 0 saturated carbocycles. The second-order valence-electron chi connectivity index (χ2n) is 6.85. The van der Waals surface area contributed by atoms with E-state index in [4.69, 9.17) is 0 Å². The molecule has 7 nitrogen and oxygen atoms in total.